The molecule has 0 spiro atoms. The van der Waals surface area contributed by atoms with Crippen molar-refractivity contribution in [2.24, 2.45) is 5.73 Å². The van der Waals surface area contributed by atoms with Crippen LogP contribution in [-0.2, 0) is 12.8 Å². The number of rotatable bonds is 0. The second-order valence-corrected chi connectivity index (χ2v) is 4.13. The molecule has 2 nitrogen and oxygen atoms in total. The van der Waals surface area contributed by atoms with Crippen molar-refractivity contribution in [2.45, 2.75) is 25.3 Å². The number of aryl methyl sites for hydroxylation is 1. The van der Waals surface area contributed by atoms with Gasteiger partial charge in [0, 0.05) is 22.6 Å². The van der Waals surface area contributed by atoms with Crippen LogP contribution in [0.3, 0.4) is 0 Å². The molecule has 1 aliphatic carbocycles. The fraction of sp³-hybridized carbons (Fsp3) is 0.333. The van der Waals surface area contributed by atoms with E-state index < -0.39 is 0 Å². The van der Waals surface area contributed by atoms with Crippen LogP contribution in [0.5, 0.6) is 0 Å². The van der Waals surface area contributed by atoms with Crippen molar-refractivity contribution >= 4 is 10.9 Å². The fourth-order valence-corrected chi connectivity index (χ4v) is 2.40. The molecule has 0 bridgehead atoms. The fourth-order valence-electron chi connectivity index (χ4n) is 2.40. The Kier molecular flexibility index (Phi) is 1.64. The lowest BCUT2D eigenvalue weighted by Gasteiger charge is -2.17. The molecule has 3 N–H and O–H groups in total. The lowest BCUT2D eigenvalue weighted by atomic mass is 9.92. The third-order valence-electron chi connectivity index (χ3n) is 3.13. The summed E-state index contributed by atoms with van der Waals surface area (Å²) in [6, 6.07) is 8.84. The topological polar surface area (TPSA) is 41.8 Å². The van der Waals surface area contributed by atoms with Crippen molar-refractivity contribution in [1.82, 2.24) is 4.98 Å². The maximum absolute atomic E-state index is 5.99. The Morgan fingerprint density at radius 3 is 3.07 bits per heavy atom. The Bertz CT molecular complexity index is 470. The Balaban J connectivity index is 2.25. The van der Waals surface area contributed by atoms with E-state index in [4.69, 9.17) is 5.73 Å². The first-order chi connectivity index (χ1) is 6.84. The zero-order valence-corrected chi connectivity index (χ0v) is 8.09. The van der Waals surface area contributed by atoms with Gasteiger partial charge in [-0.25, -0.2) is 0 Å². The predicted molar refractivity (Wildman–Crippen MR) is 58.3 cm³/mol. The normalized spacial score (nSPS) is 21.1. The molecule has 0 aliphatic heterocycles. The van der Waals surface area contributed by atoms with Crippen LogP contribution in [0.15, 0.2) is 24.3 Å². The number of para-hydroxylation sites is 1. The van der Waals surface area contributed by atoms with Gasteiger partial charge in [0.15, 0.2) is 0 Å². The number of hydrogen-bond acceptors (Lipinski definition) is 1. The molecule has 1 aliphatic rings. The van der Waals surface area contributed by atoms with Gasteiger partial charge in [-0.1, -0.05) is 18.2 Å². The minimum Gasteiger partial charge on any atom is -0.358 e. The second-order valence-electron chi connectivity index (χ2n) is 4.13. The van der Waals surface area contributed by atoms with E-state index in [1.807, 2.05) is 0 Å². The second kappa shape index (κ2) is 2.85. The van der Waals surface area contributed by atoms with Crippen molar-refractivity contribution in [2.75, 3.05) is 0 Å². The number of fused-ring (bicyclic) bond motifs is 3. The number of aromatic amines is 1. The van der Waals surface area contributed by atoms with Crippen LogP contribution in [-0.4, -0.2) is 11.0 Å². The molecule has 0 amide bonds. The zero-order chi connectivity index (χ0) is 9.54. The zero-order valence-electron chi connectivity index (χ0n) is 8.09. The molecule has 72 valence electrons. The van der Waals surface area contributed by atoms with E-state index in [0.29, 0.717) is 6.04 Å². The monoisotopic (exact) mass is 186 g/mol. The summed E-state index contributed by atoms with van der Waals surface area (Å²) in [5, 5.41) is 1.36. The number of aromatic nitrogens is 1. The highest BCUT2D eigenvalue weighted by Gasteiger charge is 2.19. The van der Waals surface area contributed by atoms with Gasteiger partial charge in [-0.05, 0) is 30.9 Å². The van der Waals surface area contributed by atoms with Crippen LogP contribution in [0, 0.1) is 0 Å². The third-order valence-corrected chi connectivity index (χ3v) is 3.13. The number of nitrogens with two attached hydrogens (primary N) is 1. The van der Waals surface area contributed by atoms with Gasteiger partial charge in [-0.15, -0.1) is 0 Å². The quantitative estimate of drug-likeness (QED) is 0.649. The summed E-state index contributed by atoms with van der Waals surface area (Å²) in [7, 11) is 0. The smallest absolute Gasteiger partial charge is 0.0458 e. The molecule has 1 aromatic heterocycles. The SMILES string of the molecule is N[C@@H]1CCc2[nH]c3ccccc3c2C1. The molecular weight excluding hydrogens is 172 g/mol. The van der Waals surface area contributed by atoms with E-state index in [2.05, 4.69) is 29.2 Å². The summed E-state index contributed by atoms with van der Waals surface area (Å²) in [6.45, 7) is 0. The maximum atomic E-state index is 5.99. The van der Waals surface area contributed by atoms with Gasteiger partial charge >= 0.3 is 0 Å². The summed E-state index contributed by atoms with van der Waals surface area (Å²) < 4.78 is 0. The molecule has 2 aromatic rings. The molecule has 0 fully saturated rings. The minimum absolute atomic E-state index is 0.349. The standard InChI is InChI=1S/C12H14N2/c13-8-5-6-12-10(7-8)9-3-1-2-4-11(9)14-12/h1-4,8,14H,5-7,13H2/t8-/m1/s1. The molecule has 0 saturated heterocycles. The van der Waals surface area contributed by atoms with Crippen LogP contribution in [0.25, 0.3) is 10.9 Å². The van der Waals surface area contributed by atoms with Gasteiger partial charge in [0.2, 0.25) is 0 Å². The minimum atomic E-state index is 0.349. The van der Waals surface area contributed by atoms with E-state index in [0.717, 1.165) is 19.3 Å². The molecule has 14 heavy (non-hydrogen) atoms. The van der Waals surface area contributed by atoms with Crippen molar-refractivity contribution in [3.63, 3.8) is 0 Å². The lowest BCUT2D eigenvalue weighted by molar-refractivity contribution is 0.574. The van der Waals surface area contributed by atoms with Crippen molar-refractivity contribution in [3.8, 4) is 0 Å². The van der Waals surface area contributed by atoms with Crippen LogP contribution in [0.4, 0.5) is 0 Å². The predicted octanol–water partition coefficient (Wildman–Crippen LogP) is 1.98. The van der Waals surface area contributed by atoms with Gasteiger partial charge in [0.25, 0.3) is 0 Å². The Hall–Kier alpha value is -1.28. The molecule has 0 unspecified atom stereocenters. The van der Waals surface area contributed by atoms with Crippen molar-refractivity contribution in [3.05, 3.63) is 35.5 Å². The molecule has 0 radical (unpaired) electrons. The molecule has 0 saturated carbocycles. The van der Waals surface area contributed by atoms with Crippen LogP contribution >= 0.6 is 0 Å². The Labute approximate surface area is 83.1 Å². The number of hydrogen-bond donors (Lipinski definition) is 2. The van der Waals surface area contributed by atoms with Crippen LogP contribution in [0.1, 0.15) is 17.7 Å². The molecule has 1 atom stereocenters. The van der Waals surface area contributed by atoms with E-state index in [1.54, 1.807) is 0 Å². The van der Waals surface area contributed by atoms with Gasteiger partial charge in [-0.2, -0.15) is 0 Å². The summed E-state index contributed by atoms with van der Waals surface area (Å²) in [5.74, 6) is 0. The van der Waals surface area contributed by atoms with E-state index in [-0.39, 0.29) is 0 Å². The summed E-state index contributed by atoms with van der Waals surface area (Å²) >= 11 is 0. The Morgan fingerprint density at radius 1 is 1.29 bits per heavy atom. The lowest BCUT2D eigenvalue weighted by Crippen LogP contribution is -2.27. The van der Waals surface area contributed by atoms with E-state index in [9.17, 15) is 0 Å². The van der Waals surface area contributed by atoms with E-state index >= 15 is 0 Å². The highest BCUT2D eigenvalue weighted by Crippen LogP contribution is 2.28. The third kappa shape index (κ3) is 1.07. The van der Waals surface area contributed by atoms with Gasteiger partial charge in [0.1, 0.15) is 0 Å². The van der Waals surface area contributed by atoms with Crippen molar-refractivity contribution < 1.29 is 0 Å². The number of H-pyrrole nitrogens is 1. The van der Waals surface area contributed by atoms with E-state index in [1.165, 1.54) is 22.2 Å². The van der Waals surface area contributed by atoms with Gasteiger partial charge < -0.3 is 10.7 Å². The Morgan fingerprint density at radius 2 is 2.14 bits per heavy atom. The summed E-state index contributed by atoms with van der Waals surface area (Å²) in [4.78, 5) is 3.48. The van der Waals surface area contributed by atoms with Gasteiger partial charge in [0.05, 0.1) is 0 Å². The molecule has 1 aromatic carbocycles. The largest absolute Gasteiger partial charge is 0.358 e. The maximum Gasteiger partial charge on any atom is 0.0458 e. The highest BCUT2D eigenvalue weighted by molar-refractivity contribution is 5.84. The molecule has 1 heterocycles. The van der Waals surface area contributed by atoms with Crippen LogP contribution < -0.4 is 5.73 Å². The summed E-state index contributed by atoms with van der Waals surface area (Å²) in [5.41, 5.74) is 10.1. The van der Waals surface area contributed by atoms with Crippen LogP contribution in [0.2, 0.25) is 0 Å². The average molecular weight is 186 g/mol. The first-order valence-electron chi connectivity index (χ1n) is 5.18. The first kappa shape index (κ1) is 8.06. The van der Waals surface area contributed by atoms with Gasteiger partial charge in [-0.3, -0.25) is 0 Å². The highest BCUT2D eigenvalue weighted by atomic mass is 14.7. The van der Waals surface area contributed by atoms with Crippen molar-refractivity contribution in [1.29, 1.82) is 0 Å². The number of benzene rings is 1. The summed E-state index contributed by atoms with van der Waals surface area (Å²) in [6.07, 6.45) is 3.24. The molecular formula is C12H14N2. The molecule has 3 rings (SSSR count). The number of nitrogens with one attached hydrogen (secondary N) is 1. The first-order valence-corrected chi connectivity index (χ1v) is 5.18. The molecule has 2 heteroatoms. The average Bonchev–Trinajstić information content (AvgIpc) is 2.56.